The molecule has 1 aromatic rings. The van der Waals surface area contributed by atoms with Crippen LogP contribution in [0.5, 0.6) is 5.75 Å². The fraction of sp³-hybridized carbons (Fsp3) is 0.385. The van der Waals surface area contributed by atoms with Crippen LogP contribution in [0.25, 0.3) is 0 Å². The first-order valence-corrected chi connectivity index (χ1v) is 6.56. The van der Waals surface area contributed by atoms with Crippen molar-refractivity contribution in [2.45, 2.75) is 20.3 Å². The standard InChI is InChI=1S/C13H16O4S/c1-3-16-13(15)8-11(14)9-18-17-12-6-4-10(2)5-7-12/h4-7H,3,8-9H2,1-2H3. The summed E-state index contributed by atoms with van der Waals surface area (Å²) in [5.41, 5.74) is 1.14. The lowest BCUT2D eigenvalue weighted by molar-refractivity contribution is -0.145. The van der Waals surface area contributed by atoms with Crippen molar-refractivity contribution in [3.05, 3.63) is 29.8 Å². The van der Waals surface area contributed by atoms with Crippen LogP contribution in [-0.2, 0) is 14.3 Å². The van der Waals surface area contributed by atoms with Crippen molar-refractivity contribution in [1.82, 2.24) is 0 Å². The summed E-state index contributed by atoms with van der Waals surface area (Å²) in [5, 5.41) is 0. The van der Waals surface area contributed by atoms with Crippen LogP contribution in [0.1, 0.15) is 18.9 Å². The maximum atomic E-state index is 11.4. The number of rotatable bonds is 7. The molecule has 0 radical (unpaired) electrons. The predicted octanol–water partition coefficient (Wildman–Crippen LogP) is 2.54. The normalized spacial score (nSPS) is 9.89. The van der Waals surface area contributed by atoms with E-state index < -0.39 is 5.97 Å². The van der Waals surface area contributed by atoms with Crippen LogP contribution in [0.15, 0.2) is 24.3 Å². The first kappa shape index (κ1) is 14.6. The van der Waals surface area contributed by atoms with E-state index in [0.717, 1.165) is 17.6 Å². The number of hydrogen-bond acceptors (Lipinski definition) is 5. The Bertz CT molecular complexity index is 400. The summed E-state index contributed by atoms with van der Waals surface area (Å²) >= 11 is 1.02. The highest BCUT2D eigenvalue weighted by atomic mass is 32.2. The smallest absolute Gasteiger partial charge is 0.313 e. The minimum absolute atomic E-state index is 0.132. The molecule has 0 spiro atoms. The number of esters is 1. The Morgan fingerprint density at radius 3 is 2.50 bits per heavy atom. The van der Waals surface area contributed by atoms with Gasteiger partial charge in [-0.1, -0.05) is 17.7 Å². The van der Waals surface area contributed by atoms with Gasteiger partial charge >= 0.3 is 5.97 Å². The van der Waals surface area contributed by atoms with E-state index in [1.165, 1.54) is 0 Å². The summed E-state index contributed by atoms with van der Waals surface area (Å²) in [7, 11) is 0. The number of Topliss-reactive ketones (excluding diaryl/α,β-unsaturated/α-hetero) is 1. The third-order valence-electron chi connectivity index (χ3n) is 2.04. The molecular weight excluding hydrogens is 252 g/mol. The molecule has 0 N–H and O–H groups in total. The number of hydrogen-bond donors (Lipinski definition) is 0. The molecule has 98 valence electrons. The molecule has 0 saturated heterocycles. The van der Waals surface area contributed by atoms with Crippen molar-refractivity contribution >= 4 is 23.8 Å². The summed E-state index contributed by atoms with van der Waals surface area (Å²) in [4.78, 5) is 22.4. The molecule has 1 rings (SSSR count). The van der Waals surface area contributed by atoms with Crippen molar-refractivity contribution in [1.29, 1.82) is 0 Å². The van der Waals surface area contributed by atoms with Crippen molar-refractivity contribution in [2.24, 2.45) is 0 Å². The first-order valence-electron chi connectivity index (χ1n) is 5.65. The van der Waals surface area contributed by atoms with E-state index in [-0.39, 0.29) is 18.0 Å². The molecule has 5 heteroatoms. The Labute approximate surface area is 111 Å². The lowest BCUT2D eigenvalue weighted by Crippen LogP contribution is -2.13. The molecule has 0 aliphatic heterocycles. The molecule has 4 nitrogen and oxygen atoms in total. The summed E-state index contributed by atoms with van der Waals surface area (Å²) in [6.07, 6.45) is -0.196. The summed E-state index contributed by atoms with van der Waals surface area (Å²) in [6.45, 7) is 3.98. The zero-order valence-electron chi connectivity index (χ0n) is 10.5. The van der Waals surface area contributed by atoms with Crippen LogP contribution in [0.2, 0.25) is 0 Å². The van der Waals surface area contributed by atoms with Gasteiger partial charge in [-0.3, -0.25) is 9.59 Å². The van der Waals surface area contributed by atoms with E-state index in [1.807, 2.05) is 31.2 Å². The number of ketones is 1. The molecule has 1 aromatic carbocycles. The van der Waals surface area contributed by atoms with E-state index in [1.54, 1.807) is 6.92 Å². The highest BCUT2D eigenvalue weighted by molar-refractivity contribution is 7.95. The molecule has 0 aliphatic rings. The Balaban J connectivity index is 2.23. The summed E-state index contributed by atoms with van der Waals surface area (Å²) < 4.78 is 10.00. The number of aryl methyl sites for hydroxylation is 1. The SMILES string of the molecule is CCOC(=O)CC(=O)CSOc1ccc(C)cc1. The summed E-state index contributed by atoms with van der Waals surface area (Å²) in [5.74, 6) is 0.130. The molecule has 0 bridgehead atoms. The Kier molecular flexibility index (Phi) is 6.28. The van der Waals surface area contributed by atoms with Crippen LogP contribution in [-0.4, -0.2) is 24.1 Å². The fourth-order valence-corrected chi connectivity index (χ4v) is 1.72. The van der Waals surface area contributed by atoms with Gasteiger partial charge in [0.25, 0.3) is 0 Å². The van der Waals surface area contributed by atoms with Gasteiger partial charge in [0.15, 0.2) is 5.78 Å². The van der Waals surface area contributed by atoms with Crippen molar-refractivity contribution in [3.8, 4) is 5.75 Å². The third-order valence-corrected chi connectivity index (χ3v) is 2.79. The minimum atomic E-state index is -0.488. The van der Waals surface area contributed by atoms with Gasteiger partial charge in [-0.25, -0.2) is 0 Å². The molecule has 0 aliphatic carbocycles. The largest absolute Gasteiger partial charge is 0.466 e. The zero-order valence-corrected chi connectivity index (χ0v) is 11.3. The van der Waals surface area contributed by atoms with Gasteiger partial charge in [-0.2, -0.15) is 0 Å². The highest BCUT2D eigenvalue weighted by Gasteiger charge is 2.10. The number of benzene rings is 1. The average Bonchev–Trinajstić information content (AvgIpc) is 2.32. The van der Waals surface area contributed by atoms with Crippen LogP contribution >= 0.6 is 12.0 Å². The second-order valence-corrected chi connectivity index (χ2v) is 4.37. The van der Waals surface area contributed by atoms with Crippen molar-refractivity contribution in [3.63, 3.8) is 0 Å². The van der Waals surface area contributed by atoms with E-state index in [9.17, 15) is 9.59 Å². The van der Waals surface area contributed by atoms with Crippen molar-refractivity contribution in [2.75, 3.05) is 12.4 Å². The second kappa shape index (κ2) is 7.76. The van der Waals surface area contributed by atoms with Gasteiger partial charge < -0.3 is 8.92 Å². The predicted molar refractivity (Wildman–Crippen MR) is 70.5 cm³/mol. The number of carbonyl (C=O) groups is 2. The van der Waals surface area contributed by atoms with Crippen LogP contribution in [0, 0.1) is 6.92 Å². The monoisotopic (exact) mass is 268 g/mol. The van der Waals surface area contributed by atoms with Gasteiger partial charge in [0.05, 0.1) is 24.4 Å². The van der Waals surface area contributed by atoms with Crippen LogP contribution in [0.3, 0.4) is 0 Å². The maximum Gasteiger partial charge on any atom is 0.313 e. The second-order valence-electron chi connectivity index (χ2n) is 3.68. The molecule has 0 unspecified atom stereocenters. The summed E-state index contributed by atoms with van der Waals surface area (Å²) in [6, 6.07) is 7.52. The van der Waals surface area contributed by atoms with Crippen molar-refractivity contribution < 1.29 is 18.5 Å². The van der Waals surface area contributed by atoms with E-state index in [0.29, 0.717) is 12.4 Å². The Morgan fingerprint density at radius 1 is 1.22 bits per heavy atom. The van der Waals surface area contributed by atoms with Gasteiger partial charge in [0, 0.05) is 0 Å². The van der Waals surface area contributed by atoms with E-state index in [4.69, 9.17) is 4.18 Å². The highest BCUT2D eigenvalue weighted by Crippen LogP contribution is 2.17. The first-order chi connectivity index (χ1) is 8.61. The van der Waals surface area contributed by atoms with E-state index in [2.05, 4.69) is 4.74 Å². The van der Waals surface area contributed by atoms with Crippen LogP contribution in [0.4, 0.5) is 0 Å². The Morgan fingerprint density at radius 2 is 1.89 bits per heavy atom. The molecule has 18 heavy (non-hydrogen) atoms. The van der Waals surface area contributed by atoms with Crippen LogP contribution < -0.4 is 4.18 Å². The molecule has 0 amide bonds. The topological polar surface area (TPSA) is 52.6 Å². The van der Waals surface area contributed by atoms with Gasteiger partial charge in [0.1, 0.15) is 12.2 Å². The van der Waals surface area contributed by atoms with E-state index >= 15 is 0 Å². The molecule has 0 aromatic heterocycles. The maximum absolute atomic E-state index is 11.4. The minimum Gasteiger partial charge on any atom is -0.466 e. The quantitative estimate of drug-likeness (QED) is 0.432. The van der Waals surface area contributed by atoms with Gasteiger partial charge in [-0.05, 0) is 26.0 Å². The fourth-order valence-electron chi connectivity index (χ4n) is 1.18. The average molecular weight is 268 g/mol. The van der Waals surface area contributed by atoms with Gasteiger partial charge in [-0.15, -0.1) is 0 Å². The lowest BCUT2D eigenvalue weighted by atomic mass is 10.2. The van der Waals surface area contributed by atoms with Gasteiger partial charge in [0.2, 0.25) is 0 Å². The molecule has 0 heterocycles. The molecule has 0 atom stereocenters. The molecule has 0 fully saturated rings. The lowest BCUT2D eigenvalue weighted by Gasteiger charge is -2.04. The zero-order chi connectivity index (χ0) is 13.4. The molecule has 0 saturated carbocycles. The molecular formula is C13H16O4S. The third kappa shape index (κ3) is 5.72. The Hall–Kier alpha value is -1.49. The number of ether oxygens (including phenoxy) is 1. The number of carbonyl (C=O) groups excluding carboxylic acids is 2.